The van der Waals surface area contributed by atoms with E-state index in [1.165, 1.54) is 0 Å². The third-order valence-electron chi connectivity index (χ3n) is 3.49. The highest BCUT2D eigenvalue weighted by Gasteiger charge is 2.13. The van der Waals surface area contributed by atoms with Crippen molar-refractivity contribution in [3.63, 3.8) is 0 Å². The van der Waals surface area contributed by atoms with Gasteiger partial charge in [-0.05, 0) is 45.0 Å². The molecule has 1 N–H and O–H groups in total. The van der Waals surface area contributed by atoms with E-state index in [2.05, 4.69) is 20.6 Å². The molecule has 0 saturated carbocycles. The molecule has 3 heterocycles. The number of amides is 1. The van der Waals surface area contributed by atoms with Crippen molar-refractivity contribution in [1.82, 2.24) is 20.0 Å². The van der Waals surface area contributed by atoms with E-state index in [9.17, 15) is 4.79 Å². The Morgan fingerprint density at radius 3 is 2.62 bits per heavy atom. The first-order valence-corrected chi connectivity index (χ1v) is 7.74. The largest absolute Gasteiger partial charge is 0.466 e. The van der Waals surface area contributed by atoms with Gasteiger partial charge in [-0.1, -0.05) is 0 Å². The van der Waals surface area contributed by atoms with Crippen molar-refractivity contribution in [3.8, 4) is 5.82 Å². The molecular weight excluding hydrogens is 306 g/mol. The van der Waals surface area contributed by atoms with Crippen molar-refractivity contribution < 1.29 is 9.21 Å². The van der Waals surface area contributed by atoms with E-state index in [-0.39, 0.29) is 5.91 Å². The molecule has 0 atom stereocenters. The van der Waals surface area contributed by atoms with Crippen LogP contribution in [-0.2, 0) is 11.2 Å². The lowest BCUT2D eigenvalue weighted by Crippen LogP contribution is -2.16. The number of carbonyl (C=O) groups is 1. The van der Waals surface area contributed by atoms with Crippen molar-refractivity contribution in [3.05, 3.63) is 53.2 Å². The molecule has 0 aliphatic rings. The highest BCUT2D eigenvalue weighted by molar-refractivity contribution is 5.90. The summed E-state index contributed by atoms with van der Waals surface area (Å²) in [6.45, 7) is 5.61. The molecule has 24 heavy (non-hydrogen) atoms. The van der Waals surface area contributed by atoms with Crippen LogP contribution in [0.5, 0.6) is 0 Å². The van der Waals surface area contributed by atoms with Crippen molar-refractivity contribution in [2.45, 2.75) is 33.6 Å². The van der Waals surface area contributed by atoms with E-state index in [4.69, 9.17) is 4.42 Å². The fourth-order valence-electron chi connectivity index (χ4n) is 2.33. The molecule has 0 unspecified atom stereocenters. The maximum absolute atomic E-state index is 12.2. The van der Waals surface area contributed by atoms with Crippen molar-refractivity contribution >= 4 is 11.7 Å². The van der Waals surface area contributed by atoms with Crippen LogP contribution < -0.4 is 5.32 Å². The number of hydrogen-bond donors (Lipinski definition) is 1. The van der Waals surface area contributed by atoms with E-state index >= 15 is 0 Å². The van der Waals surface area contributed by atoms with Crippen molar-refractivity contribution in [2.24, 2.45) is 0 Å². The monoisotopic (exact) mass is 325 g/mol. The van der Waals surface area contributed by atoms with Crippen molar-refractivity contribution in [1.29, 1.82) is 0 Å². The summed E-state index contributed by atoms with van der Waals surface area (Å²) in [5.74, 6) is 2.68. The Bertz CT molecular complexity index is 848. The van der Waals surface area contributed by atoms with E-state index in [0.29, 0.717) is 24.5 Å². The second kappa shape index (κ2) is 6.66. The van der Waals surface area contributed by atoms with Gasteiger partial charge in [0.15, 0.2) is 5.82 Å². The van der Waals surface area contributed by atoms with Crippen molar-refractivity contribution in [2.75, 3.05) is 5.32 Å². The summed E-state index contributed by atoms with van der Waals surface area (Å²) in [5.41, 5.74) is 1.61. The van der Waals surface area contributed by atoms with Crippen LogP contribution in [0.2, 0.25) is 0 Å². The number of rotatable bonds is 5. The fourth-order valence-corrected chi connectivity index (χ4v) is 2.33. The lowest BCUT2D eigenvalue weighted by Gasteiger charge is -2.07. The van der Waals surface area contributed by atoms with Crippen LogP contribution >= 0.6 is 0 Å². The second-order valence-corrected chi connectivity index (χ2v) is 5.68. The summed E-state index contributed by atoms with van der Waals surface area (Å²) in [7, 11) is 0. The average Bonchev–Trinajstić information content (AvgIpc) is 3.12. The number of nitrogens with one attached hydrogen (secondary N) is 1. The zero-order valence-corrected chi connectivity index (χ0v) is 13.9. The van der Waals surface area contributed by atoms with Crippen LogP contribution in [0.3, 0.4) is 0 Å². The van der Waals surface area contributed by atoms with Gasteiger partial charge in [0, 0.05) is 18.9 Å². The van der Waals surface area contributed by atoms with E-state index < -0.39 is 0 Å². The van der Waals surface area contributed by atoms with Crippen LogP contribution in [-0.4, -0.2) is 25.9 Å². The maximum Gasteiger partial charge on any atom is 0.225 e. The molecule has 0 spiro atoms. The summed E-state index contributed by atoms with van der Waals surface area (Å²) in [4.78, 5) is 12.2. The topological polar surface area (TPSA) is 85.8 Å². The molecule has 0 aliphatic carbocycles. The molecule has 7 heteroatoms. The number of nitrogens with zero attached hydrogens (tertiary/aromatic N) is 4. The normalized spacial score (nSPS) is 10.8. The van der Waals surface area contributed by atoms with Gasteiger partial charge in [0.2, 0.25) is 5.91 Å². The van der Waals surface area contributed by atoms with Gasteiger partial charge in [0.1, 0.15) is 17.3 Å². The minimum atomic E-state index is -0.106. The third kappa shape index (κ3) is 3.68. The Kier molecular flexibility index (Phi) is 4.41. The first-order chi connectivity index (χ1) is 11.5. The molecule has 0 aromatic carbocycles. The molecule has 0 fully saturated rings. The summed E-state index contributed by atoms with van der Waals surface area (Å²) in [6.07, 6.45) is 0.883. The molecule has 0 saturated heterocycles. The van der Waals surface area contributed by atoms with Crippen LogP contribution in [0.15, 0.2) is 34.7 Å². The average molecular weight is 325 g/mol. The van der Waals surface area contributed by atoms with E-state index in [0.717, 1.165) is 22.9 Å². The predicted molar refractivity (Wildman–Crippen MR) is 89.0 cm³/mol. The van der Waals surface area contributed by atoms with Gasteiger partial charge in [-0.2, -0.15) is 14.9 Å². The number of furan rings is 1. The van der Waals surface area contributed by atoms with E-state index in [1.807, 2.05) is 45.0 Å². The molecule has 0 aliphatic heterocycles. The first kappa shape index (κ1) is 15.9. The van der Waals surface area contributed by atoms with Gasteiger partial charge in [-0.15, -0.1) is 5.10 Å². The summed E-state index contributed by atoms with van der Waals surface area (Å²) < 4.78 is 7.06. The lowest BCUT2D eigenvalue weighted by molar-refractivity contribution is -0.116. The predicted octanol–water partition coefficient (Wildman–Crippen LogP) is 2.75. The maximum atomic E-state index is 12.2. The Labute approximate surface area is 139 Å². The molecule has 0 bridgehead atoms. The third-order valence-corrected chi connectivity index (χ3v) is 3.49. The molecule has 3 rings (SSSR count). The second-order valence-electron chi connectivity index (χ2n) is 5.68. The molecule has 3 aromatic heterocycles. The number of aromatic nitrogens is 4. The fraction of sp³-hybridized carbons (Fsp3) is 0.294. The van der Waals surface area contributed by atoms with Gasteiger partial charge < -0.3 is 9.73 Å². The molecule has 3 aromatic rings. The zero-order chi connectivity index (χ0) is 17.1. The molecule has 124 valence electrons. The Hall–Kier alpha value is -2.96. The van der Waals surface area contributed by atoms with Crippen LogP contribution in [0.25, 0.3) is 5.82 Å². The first-order valence-electron chi connectivity index (χ1n) is 7.74. The van der Waals surface area contributed by atoms with Crippen LogP contribution in [0.4, 0.5) is 5.82 Å². The molecule has 0 radical (unpaired) electrons. The van der Waals surface area contributed by atoms with Gasteiger partial charge >= 0.3 is 0 Å². The Morgan fingerprint density at radius 2 is 1.96 bits per heavy atom. The quantitative estimate of drug-likeness (QED) is 0.779. The molecule has 7 nitrogen and oxygen atoms in total. The number of carbonyl (C=O) groups excluding carboxylic acids is 1. The lowest BCUT2D eigenvalue weighted by atomic mass is 10.2. The number of hydrogen-bond acceptors (Lipinski definition) is 5. The smallest absolute Gasteiger partial charge is 0.225 e. The van der Waals surface area contributed by atoms with Gasteiger partial charge in [-0.3, -0.25) is 4.79 Å². The summed E-state index contributed by atoms with van der Waals surface area (Å²) in [5, 5.41) is 15.4. The highest BCUT2D eigenvalue weighted by atomic mass is 16.3. The molecular formula is C17H19N5O2. The van der Waals surface area contributed by atoms with Gasteiger partial charge in [0.25, 0.3) is 0 Å². The van der Waals surface area contributed by atoms with E-state index in [1.54, 1.807) is 10.7 Å². The number of aryl methyl sites for hydroxylation is 4. The Morgan fingerprint density at radius 1 is 1.12 bits per heavy atom. The van der Waals surface area contributed by atoms with Gasteiger partial charge in [-0.25, -0.2) is 0 Å². The van der Waals surface area contributed by atoms with Crippen LogP contribution in [0, 0.1) is 20.8 Å². The zero-order valence-electron chi connectivity index (χ0n) is 13.9. The number of anilines is 1. The molecule has 1 amide bonds. The SMILES string of the molecule is Cc1ccc(-n2nc(C)cc2NC(=O)CCc2ccc(C)o2)nn1. The summed E-state index contributed by atoms with van der Waals surface area (Å²) in [6, 6.07) is 9.25. The van der Waals surface area contributed by atoms with Crippen LogP contribution in [0.1, 0.15) is 29.3 Å². The summed E-state index contributed by atoms with van der Waals surface area (Å²) >= 11 is 0. The standard InChI is InChI=1S/C17H19N5O2/c1-11-4-8-15(20-19-11)22-16(10-12(2)21-22)18-17(23)9-7-14-6-5-13(3)24-14/h4-6,8,10H,7,9H2,1-3H3,(H,18,23). The van der Waals surface area contributed by atoms with Gasteiger partial charge in [0.05, 0.1) is 11.4 Å². The minimum absolute atomic E-state index is 0.106. The minimum Gasteiger partial charge on any atom is -0.466 e. The Balaban J connectivity index is 1.70. The highest BCUT2D eigenvalue weighted by Crippen LogP contribution is 2.16.